The fourth-order valence-corrected chi connectivity index (χ4v) is 4.53. The Morgan fingerprint density at radius 2 is 1.44 bits per heavy atom. The van der Waals surface area contributed by atoms with Gasteiger partial charge in [-0.2, -0.15) is 31.3 Å². The van der Waals surface area contributed by atoms with Crippen molar-refractivity contribution in [3.63, 3.8) is 0 Å². The average molecular weight is 659 g/mol. The third kappa shape index (κ3) is 10.4. The van der Waals surface area contributed by atoms with Crippen LogP contribution in [0.25, 0.3) is 21.5 Å². The molecule has 0 radical (unpaired) electrons. The van der Waals surface area contributed by atoms with Crippen LogP contribution in [0.3, 0.4) is 0 Å². The van der Waals surface area contributed by atoms with Crippen LogP contribution in [0.4, 0.5) is 37.2 Å². The summed E-state index contributed by atoms with van der Waals surface area (Å²) in [5, 5.41) is 22.5. The lowest BCUT2D eigenvalue weighted by molar-refractivity contribution is -0.192. The van der Waals surface area contributed by atoms with Gasteiger partial charge in [0.25, 0.3) is 5.91 Å². The number of carbonyl (C=O) groups excluding carboxylic acids is 1. The normalized spacial score (nSPS) is 12.0. The highest BCUT2D eigenvalue weighted by atomic mass is 32.1. The lowest BCUT2D eigenvalue weighted by Gasteiger charge is -2.16. The summed E-state index contributed by atoms with van der Waals surface area (Å²) in [6, 6.07) is 14.2. The molecule has 0 fully saturated rings. The molecule has 0 spiro atoms. The molecule has 4 aromatic rings. The van der Waals surface area contributed by atoms with E-state index >= 15 is 0 Å². The Balaban J connectivity index is 0.000000791. The van der Waals surface area contributed by atoms with Crippen molar-refractivity contribution in [1.29, 1.82) is 0 Å². The zero-order valence-electron chi connectivity index (χ0n) is 22.8. The number of nitrogens with zero attached hydrogens (tertiary/aromatic N) is 2. The molecular weight excluding hydrogens is 630 g/mol. The van der Waals surface area contributed by atoms with Gasteiger partial charge in [0.15, 0.2) is 10.8 Å². The first kappa shape index (κ1) is 36.5. The fraction of sp³-hybridized carbons (Fsp3) is 0.276. The van der Waals surface area contributed by atoms with Crippen LogP contribution in [0.5, 0.6) is 0 Å². The molecule has 0 saturated carbocycles. The average Bonchev–Trinajstić information content (AvgIpc) is 3.34. The summed E-state index contributed by atoms with van der Waals surface area (Å²) < 4.78 is 70.8. The smallest absolute Gasteiger partial charge is 0.480 e. The first-order chi connectivity index (χ1) is 20.4. The summed E-state index contributed by atoms with van der Waals surface area (Å²) in [4.78, 5) is 40.8. The van der Waals surface area contributed by atoms with Crippen molar-refractivity contribution in [2.45, 2.75) is 46.1 Å². The molecule has 0 unspecified atom stereocenters. The van der Waals surface area contributed by atoms with E-state index in [9.17, 15) is 41.0 Å². The van der Waals surface area contributed by atoms with E-state index in [-0.39, 0.29) is 19.0 Å². The number of nitrogens with one attached hydrogen (secondary N) is 2. The van der Waals surface area contributed by atoms with Gasteiger partial charge in [0.2, 0.25) is 0 Å². The van der Waals surface area contributed by atoms with E-state index < -0.39 is 41.8 Å². The van der Waals surface area contributed by atoms with Crippen molar-refractivity contribution in [3.8, 4) is 11.1 Å². The van der Waals surface area contributed by atoms with E-state index in [1.165, 1.54) is 0 Å². The minimum absolute atomic E-state index is 0. The number of fused-ring (bicyclic) bond motifs is 1. The van der Waals surface area contributed by atoms with Gasteiger partial charge in [0.05, 0.1) is 10.3 Å². The number of rotatable bonds is 8. The topological polar surface area (TPSA) is 142 Å². The number of hydrogen-bond donors (Lipinski definition) is 4. The maximum Gasteiger partial charge on any atom is 0.490 e. The van der Waals surface area contributed by atoms with Crippen molar-refractivity contribution in [3.05, 3.63) is 71.9 Å². The first-order valence-electron chi connectivity index (χ1n) is 12.6. The number of aromatic nitrogens is 2. The van der Waals surface area contributed by atoms with Gasteiger partial charge in [-0.3, -0.25) is 4.79 Å². The molecule has 2 aromatic heterocycles. The largest absolute Gasteiger partial charge is 0.490 e. The van der Waals surface area contributed by atoms with Gasteiger partial charge in [-0.05, 0) is 53.8 Å². The van der Waals surface area contributed by atoms with Crippen LogP contribution in [0.2, 0.25) is 0 Å². The Labute approximate surface area is 256 Å². The lowest BCUT2D eigenvalue weighted by Crippen LogP contribution is -2.41. The summed E-state index contributed by atoms with van der Waals surface area (Å²) in [7, 11) is 0. The SMILES string of the molecule is C.CC(C)C[C@H](NC(=O)c1ccc(-c2ccc(Nc3nc4ncc(C(F)(F)F)cc4s3)cc2)cc1)C(=O)O.O=C(O)C(F)(F)F. The second-order valence-corrected chi connectivity index (χ2v) is 10.7. The molecule has 0 aliphatic carbocycles. The van der Waals surface area contributed by atoms with Crippen molar-refractivity contribution in [1.82, 2.24) is 15.3 Å². The van der Waals surface area contributed by atoms with Crippen LogP contribution in [0.15, 0.2) is 60.8 Å². The number of carboxylic acids is 2. The lowest BCUT2D eigenvalue weighted by atomic mass is 10.0. The molecule has 242 valence electrons. The van der Waals surface area contributed by atoms with Crippen LogP contribution < -0.4 is 10.6 Å². The Hall–Kier alpha value is -4.73. The number of anilines is 2. The Morgan fingerprint density at radius 1 is 0.911 bits per heavy atom. The summed E-state index contributed by atoms with van der Waals surface area (Å²) in [6.45, 7) is 3.78. The molecule has 1 amide bonds. The van der Waals surface area contributed by atoms with E-state index in [0.717, 1.165) is 34.7 Å². The molecule has 0 saturated heterocycles. The van der Waals surface area contributed by atoms with Gasteiger partial charge < -0.3 is 20.8 Å². The van der Waals surface area contributed by atoms with E-state index in [4.69, 9.17) is 9.90 Å². The molecule has 0 aliphatic heterocycles. The molecule has 45 heavy (non-hydrogen) atoms. The molecule has 2 aromatic carbocycles. The third-order valence-corrected chi connectivity index (χ3v) is 6.65. The summed E-state index contributed by atoms with van der Waals surface area (Å²) in [5.41, 5.74) is 2.20. The monoisotopic (exact) mass is 658 g/mol. The Morgan fingerprint density at radius 3 is 1.91 bits per heavy atom. The van der Waals surface area contributed by atoms with E-state index in [2.05, 4.69) is 20.6 Å². The predicted octanol–water partition coefficient (Wildman–Crippen LogP) is 7.62. The maximum atomic E-state index is 12.9. The van der Waals surface area contributed by atoms with Crippen LogP contribution >= 0.6 is 11.3 Å². The molecule has 4 N–H and O–H groups in total. The molecule has 9 nitrogen and oxygen atoms in total. The zero-order valence-corrected chi connectivity index (χ0v) is 23.6. The van der Waals surface area contributed by atoms with Gasteiger partial charge >= 0.3 is 24.3 Å². The number of amides is 1. The number of aliphatic carboxylic acids is 2. The van der Waals surface area contributed by atoms with Gasteiger partial charge in [0, 0.05) is 17.4 Å². The number of carbonyl (C=O) groups is 3. The first-order valence-corrected chi connectivity index (χ1v) is 13.4. The number of halogens is 6. The summed E-state index contributed by atoms with van der Waals surface area (Å²) in [5.74, 6) is -4.16. The second-order valence-electron chi connectivity index (χ2n) is 9.64. The highest BCUT2D eigenvalue weighted by Gasteiger charge is 2.38. The minimum atomic E-state index is -5.08. The summed E-state index contributed by atoms with van der Waals surface area (Å²) >= 11 is 1.08. The minimum Gasteiger partial charge on any atom is -0.480 e. The highest BCUT2D eigenvalue weighted by molar-refractivity contribution is 7.22. The second kappa shape index (κ2) is 14.8. The Bertz CT molecular complexity index is 1620. The number of pyridine rings is 1. The van der Waals surface area contributed by atoms with Gasteiger partial charge in [-0.25, -0.2) is 14.6 Å². The molecule has 0 bridgehead atoms. The van der Waals surface area contributed by atoms with Gasteiger partial charge in [-0.1, -0.05) is 56.9 Å². The fourth-order valence-electron chi connectivity index (χ4n) is 3.65. The standard InChI is InChI=1S/C26H23F3N4O3S.C2HF3O2.CH4/c1-14(2)11-20(24(35)36)32-23(34)17-5-3-15(4-6-17)16-7-9-19(10-8-16)31-25-33-22-21(37-25)12-18(13-30-22)26(27,28)29;3-2(4,5)1(6)7;/h3-10,12-14,20H,11H2,1-2H3,(H,32,34)(H,35,36)(H,30,31,33);(H,6,7);1H4/t20-;;/m0../s1. The molecular formula is C29H28F6N4O5S. The van der Waals surface area contributed by atoms with E-state index in [1.54, 1.807) is 36.4 Å². The van der Waals surface area contributed by atoms with Crippen molar-refractivity contribution in [2.75, 3.05) is 5.32 Å². The molecule has 16 heteroatoms. The zero-order chi connectivity index (χ0) is 32.8. The molecule has 0 aliphatic rings. The van der Waals surface area contributed by atoms with Crippen molar-refractivity contribution in [2.24, 2.45) is 5.92 Å². The maximum absolute atomic E-state index is 12.9. The van der Waals surface area contributed by atoms with Crippen molar-refractivity contribution >= 4 is 50.3 Å². The van der Waals surface area contributed by atoms with Crippen molar-refractivity contribution < 1.29 is 50.9 Å². The van der Waals surface area contributed by atoms with Crippen LogP contribution in [0, 0.1) is 5.92 Å². The number of alkyl halides is 6. The predicted molar refractivity (Wildman–Crippen MR) is 156 cm³/mol. The van der Waals surface area contributed by atoms with E-state index in [0.29, 0.717) is 27.5 Å². The summed E-state index contributed by atoms with van der Waals surface area (Å²) in [6.07, 6.45) is -8.45. The van der Waals surface area contributed by atoms with E-state index in [1.807, 2.05) is 26.0 Å². The molecule has 4 rings (SSSR count). The third-order valence-electron chi connectivity index (χ3n) is 5.74. The van der Waals surface area contributed by atoms with Crippen LogP contribution in [-0.2, 0) is 15.8 Å². The van der Waals surface area contributed by atoms with Crippen LogP contribution in [-0.4, -0.2) is 50.2 Å². The number of carboxylic acid groups (broad SMARTS) is 2. The number of thiazole rings is 1. The van der Waals surface area contributed by atoms with Crippen LogP contribution in [0.1, 0.15) is 43.6 Å². The number of hydrogen-bond acceptors (Lipinski definition) is 7. The van der Waals surface area contributed by atoms with Gasteiger partial charge in [-0.15, -0.1) is 0 Å². The Kier molecular flexibility index (Phi) is 12.0. The van der Waals surface area contributed by atoms with Gasteiger partial charge in [0.1, 0.15) is 6.04 Å². The quantitative estimate of drug-likeness (QED) is 0.142. The highest BCUT2D eigenvalue weighted by Crippen LogP contribution is 2.34. The molecule has 1 atom stereocenters. The number of benzene rings is 2. The molecule has 2 heterocycles.